The van der Waals surface area contributed by atoms with E-state index in [1.54, 1.807) is 23.9 Å². The summed E-state index contributed by atoms with van der Waals surface area (Å²) in [6.45, 7) is 2.04. The van der Waals surface area contributed by atoms with E-state index < -0.39 is 0 Å². The molecule has 0 aromatic heterocycles. The van der Waals surface area contributed by atoms with Crippen LogP contribution in [-0.2, 0) is 4.79 Å². The fraction of sp³-hybridized carbons (Fsp3) is 0.0667. The molecule has 3 aromatic carbocycles. The minimum Gasteiger partial charge on any atom is -0.312 e. The molecule has 0 saturated carbocycles. The lowest BCUT2D eigenvalue weighted by molar-refractivity contribution is -0.111. The third-order valence-electron chi connectivity index (χ3n) is 5.97. The van der Waals surface area contributed by atoms with Gasteiger partial charge in [0, 0.05) is 15.7 Å². The molecule has 5 rings (SSSR count). The second-order valence-electron chi connectivity index (χ2n) is 8.33. The van der Waals surface area contributed by atoms with Crippen LogP contribution in [0.1, 0.15) is 29.7 Å². The van der Waals surface area contributed by atoms with Crippen LogP contribution in [0.25, 0.3) is 12.2 Å². The molecule has 0 radical (unpaired) electrons. The van der Waals surface area contributed by atoms with Gasteiger partial charge in [-0.2, -0.15) is 0 Å². The van der Waals surface area contributed by atoms with Crippen molar-refractivity contribution in [1.29, 1.82) is 0 Å². The molecule has 0 aliphatic carbocycles. The second kappa shape index (κ2) is 10.8. The molecule has 0 spiro atoms. The van der Waals surface area contributed by atoms with E-state index in [4.69, 9.17) is 28.2 Å². The number of hydrogen-bond donors (Lipinski definition) is 0. The number of carbonyl (C=O) groups excluding carboxylic acids is 1. The highest BCUT2D eigenvalue weighted by Crippen LogP contribution is 2.44. The fourth-order valence-corrected chi connectivity index (χ4v) is 5.51. The van der Waals surface area contributed by atoms with Gasteiger partial charge in [0.25, 0.3) is 0 Å². The molecule has 0 amide bonds. The molecule has 0 N–H and O–H groups in total. The van der Waals surface area contributed by atoms with Gasteiger partial charge in [0.05, 0.1) is 17.3 Å². The van der Waals surface area contributed by atoms with Crippen molar-refractivity contribution in [3.63, 3.8) is 0 Å². The largest absolute Gasteiger partial charge is 0.312 e. The van der Waals surface area contributed by atoms with E-state index in [9.17, 15) is 4.79 Å². The lowest BCUT2D eigenvalue weighted by atomic mass is 9.90. The van der Waals surface area contributed by atoms with Crippen molar-refractivity contribution >= 4 is 58.1 Å². The minimum absolute atomic E-state index is 0.130. The maximum absolute atomic E-state index is 13.9. The van der Waals surface area contributed by atoms with Crippen LogP contribution in [0, 0.1) is 0 Å². The molecule has 0 saturated heterocycles. The topological polar surface area (TPSA) is 32.7 Å². The van der Waals surface area contributed by atoms with Crippen LogP contribution in [0.4, 0.5) is 0 Å². The summed E-state index contributed by atoms with van der Waals surface area (Å²) < 4.78 is 0. The fourth-order valence-electron chi connectivity index (χ4n) is 4.21. The predicted octanol–water partition coefficient (Wildman–Crippen LogP) is 8.56. The summed E-state index contributed by atoms with van der Waals surface area (Å²) in [5, 5.41) is 4.13. The smallest absolute Gasteiger partial charge is 0.186 e. The molecule has 36 heavy (non-hydrogen) atoms. The summed E-state index contributed by atoms with van der Waals surface area (Å²) in [6, 6.07) is 24.8. The normalized spacial score (nSPS) is 17.5. The zero-order valence-electron chi connectivity index (χ0n) is 19.4. The Labute approximate surface area is 225 Å². The zero-order valence-corrected chi connectivity index (χ0v) is 21.8. The molecule has 178 valence electrons. The van der Waals surface area contributed by atoms with E-state index in [2.05, 4.69) is 10.3 Å². The van der Waals surface area contributed by atoms with Crippen molar-refractivity contribution in [3.05, 3.63) is 140 Å². The molecule has 2 aliphatic rings. The summed E-state index contributed by atoms with van der Waals surface area (Å²) in [5.74, 6) is -0.130. The first kappa shape index (κ1) is 24.4. The van der Waals surface area contributed by atoms with Crippen molar-refractivity contribution in [2.75, 3.05) is 0 Å². The van der Waals surface area contributed by atoms with E-state index in [-0.39, 0.29) is 11.8 Å². The van der Waals surface area contributed by atoms with E-state index >= 15 is 0 Å². The van der Waals surface area contributed by atoms with Crippen LogP contribution in [0.2, 0.25) is 10.0 Å². The van der Waals surface area contributed by atoms with Crippen LogP contribution in [0.5, 0.6) is 0 Å². The average molecular weight is 529 g/mol. The number of amidine groups is 1. The van der Waals surface area contributed by atoms with Gasteiger partial charge in [0.15, 0.2) is 11.0 Å². The van der Waals surface area contributed by atoms with Crippen LogP contribution in [-0.4, -0.2) is 15.9 Å². The standard InChI is InChI=1S/C30H22Cl2N2OS/c1-20-19-36-30-33-26(17-15-21-9-5-7-13-24(21)31)28(29(34(20)30)23-11-3-2-4-12-23)27(35)18-16-22-10-6-8-14-25(22)32/h2-19,29H,1H3/b17-15+,18-16+. The van der Waals surface area contributed by atoms with Gasteiger partial charge in [-0.15, -0.1) is 0 Å². The Morgan fingerprint density at radius 2 is 1.47 bits per heavy atom. The molecule has 2 aliphatic heterocycles. The van der Waals surface area contributed by atoms with Crippen LogP contribution >= 0.6 is 35.0 Å². The van der Waals surface area contributed by atoms with Gasteiger partial charge >= 0.3 is 0 Å². The van der Waals surface area contributed by atoms with Gasteiger partial charge in [0.2, 0.25) is 0 Å². The number of rotatable bonds is 6. The Hall–Kier alpha value is -3.31. The Morgan fingerprint density at radius 3 is 2.14 bits per heavy atom. The third kappa shape index (κ3) is 4.98. The lowest BCUT2D eigenvalue weighted by Crippen LogP contribution is -2.35. The molecule has 1 unspecified atom stereocenters. The van der Waals surface area contributed by atoms with Gasteiger partial charge < -0.3 is 4.90 Å². The van der Waals surface area contributed by atoms with Gasteiger partial charge in [-0.3, -0.25) is 4.79 Å². The quantitative estimate of drug-likeness (QED) is 0.300. The van der Waals surface area contributed by atoms with Crippen molar-refractivity contribution < 1.29 is 4.79 Å². The zero-order chi connectivity index (χ0) is 25.1. The van der Waals surface area contributed by atoms with E-state index in [1.165, 1.54) is 0 Å². The van der Waals surface area contributed by atoms with Crippen molar-refractivity contribution in [3.8, 4) is 0 Å². The number of thioether (sulfide) groups is 1. The Balaban J connectivity index is 1.65. The van der Waals surface area contributed by atoms with Crippen LogP contribution < -0.4 is 0 Å². The summed E-state index contributed by atoms with van der Waals surface area (Å²) in [4.78, 5) is 20.9. The minimum atomic E-state index is -0.320. The molecule has 3 nitrogen and oxygen atoms in total. The SMILES string of the molecule is CC1=CSC2=NC(/C=C/c3ccccc3Cl)=C(C(=O)/C=C/c3ccccc3Cl)C(c3ccccc3)N12. The Kier molecular flexibility index (Phi) is 7.28. The van der Waals surface area contributed by atoms with Gasteiger partial charge in [-0.05, 0) is 59.4 Å². The monoisotopic (exact) mass is 528 g/mol. The molecule has 0 bridgehead atoms. The van der Waals surface area contributed by atoms with Gasteiger partial charge in [0.1, 0.15) is 0 Å². The highest BCUT2D eigenvalue weighted by Gasteiger charge is 2.38. The highest BCUT2D eigenvalue weighted by molar-refractivity contribution is 8.16. The first-order valence-electron chi connectivity index (χ1n) is 11.4. The molecule has 3 aromatic rings. The first-order chi connectivity index (χ1) is 17.5. The number of hydrogen-bond acceptors (Lipinski definition) is 4. The Bertz CT molecular complexity index is 1470. The Morgan fingerprint density at radius 1 is 0.861 bits per heavy atom. The lowest BCUT2D eigenvalue weighted by Gasteiger charge is -2.35. The number of benzene rings is 3. The second-order valence-corrected chi connectivity index (χ2v) is 9.98. The number of halogens is 2. The molecule has 6 heteroatoms. The van der Waals surface area contributed by atoms with Gasteiger partial charge in [-0.25, -0.2) is 4.99 Å². The maximum Gasteiger partial charge on any atom is 0.186 e. The summed E-state index contributed by atoms with van der Waals surface area (Å²) in [5.41, 5.74) is 4.90. The number of carbonyl (C=O) groups is 1. The van der Waals surface area contributed by atoms with Crippen molar-refractivity contribution in [2.45, 2.75) is 13.0 Å². The number of fused-ring (bicyclic) bond motifs is 1. The van der Waals surface area contributed by atoms with E-state index in [1.807, 2.05) is 97.9 Å². The van der Waals surface area contributed by atoms with E-state index in [0.29, 0.717) is 21.3 Å². The molecular weight excluding hydrogens is 507 g/mol. The molecule has 0 fully saturated rings. The number of ketones is 1. The number of aliphatic imine (C=N–C) groups is 1. The first-order valence-corrected chi connectivity index (χ1v) is 13.1. The summed E-state index contributed by atoms with van der Waals surface area (Å²) >= 11 is 14.3. The third-order valence-corrected chi connectivity index (χ3v) is 7.62. The van der Waals surface area contributed by atoms with Crippen LogP contribution in [0.3, 0.4) is 0 Å². The van der Waals surface area contributed by atoms with E-state index in [0.717, 1.165) is 27.6 Å². The predicted molar refractivity (Wildman–Crippen MR) is 153 cm³/mol. The number of allylic oxidation sites excluding steroid dienone is 3. The summed E-state index contributed by atoms with van der Waals surface area (Å²) in [7, 11) is 0. The molecular formula is C30H22Cl2N2OS. The maximum atomic E-state index is 13.9. The highest BCUT2D eigenvalue weighted by atomic mass is 35.5. The molecule has 1 atom stereocenters. The van der Waals surface area contributed by atoms with Crippen LogP contribution in [0.15, 0.2) is 118 Å². The summed E-state index contributed by atoms with van der Waals surface area (Å²) in [6.07, 6.45) is 7.13. The average Bonchev–Trinajstić information content (AvgIpc) is 3.27. The van der Waals surface area contributed by atoms with Crippen molar-refractivity contribution in [1.82, 2.24) is 4.90 Å². The van der Waals surface area contributed by atoms with Crippen molar-refractivity contribution in [2.24, 2.45) is 4.99 Å². The van der Waals surface area contributed by atoms with Gasteiger partial charge in [-0.1, -0.05) is 108 Å². The molecule has 2 heterocycles. The number of nitrogens with zero attached hydrogens (tertiary/aromatic N) is 2.